The van der Waals surface area contributed by atoms with Gasteiger partial charge in [0.2, 0.25) is 5.89 Å². The topological polar surface area (TPSA) is 51.0 Å². The van der Waals surface area contributed by atoms with Crippen LogP contribution < -0.4 is 5.32 Å². The van der Waals surface area contributed by atoms with Crippen molar-refractivity contribution in [3.8, 4) is 0 Å². The predicted octanol–water partition coefficient (Wildman–Crippen LogP) is 2.11. The largest absolute Gasteiger partial charge is 0.389 e. The lowest BCUT2D eigenvalue weighted by Crippen LogP contribution is -2.28. The zero-order valence-electron chi connectivity index (χ0n) is 9.96. The lowest BCUT2D eigenvalue weighted by molar-refractivity contribution is -0.134. The Bertz CT molecular complexity index is 372. The molecule has 102 valence electrons. The van der Waals surface area contributed by atoms with E-state index in [-0.39, 0.29) is 12.2 Å². The highest BCUT2D eigenvalue weighted by Gasteiger charge is 2.27. The van der Waals surface area contributed by atoms with E-state index in [9.17, 15) is 13.2 Å². The van der Waals surface area contributed by atoms with E-state index in [0.29, 0.717) is 18.2 Å². The Balaban J connectivity index is 1.82. The molecule has 0 aromatic carbocycles. The zero-order chi connectivity index (χ0) is 13.0. The highest BCUT2D eigenvalue weighted by molar-refractivity contribution is 4.89. The number of halogens is 3. The number of aryl methyl sites for hydroxylation is 1. The highest BCUT2D eigenvalue weighted by atomic mass is 19.4. The molecule has 1 N–H and O–H groups in total. The first-order valence-corrected chi connectivity index (χ1v) is 6.12. The van der Waals surface area contributed by atoms with Gasteiger partial charge in [-0.1, -0.05) is 5.16 Å². The first kappa shape index (κ1) is 13.3. The average Bonchev–Trinajstić information content (AvgIpc) is 2.75. The van der Waals surface area contributed by atoms with Crippen LogP contribution in [-0.4, -0.2) is 29.4 Å². The second-order valence-corrected chi connectivity index (χ2v) is 4.62. The fourth-order valence-electron chi connectivity index (χ4n) is 2.06. The molecular formula is C11H16F3N3O. The molecule has 2 heterocycles. The van der Waals surface area contributed by atoms with E-state index in [1.165, 1.54) is 0 Å². The Kier molecular flexibility index (Phi) is 4.21. The van der Waals surface area contributed by atoms with Crippen LogP contribution in [0.25, 0.3) is 0 Å². The minimum Gasteiger partial charge on any atom is -0.339 e. The molecule has 0 radical (unpaired) electrons. The smallest absolute Gasteiger partial charge is 0.339 e. The van der Waals surface area contributed by atoms with Crippen LogP contribution in [0.1, 0.15) is 31.0 Å². The highest BCUT2D eigenvalue weighted by Crippen LogP contribution is 2.22. The van der Waals surface area contributed by atoms with E-state index < -0.39 is 12.6 Å². The summed E-state index contributed by atoms with van der Waals surface area (Å²) in [5, 5.41) is 6.83. The summed E-state index contributed by atoms with van der Waals surface area (Å²) in [4.78, 5) is 4.01. The molecule has 1 fully saturated rings. The maximum Gasteiger partial charge on any atom is 0.389 e. The fraction of sp³-hybridized carbons (Fsp3) is 0.818. The molecule has 0 unspecified atom stereocenters. The van der Waals surface area contributed by atoms with Gasteiger partial charge in [0.25, 0.3) is 0 Å². The van der Waals surface area contributed by atoms with Gasteiger partial charge in [0.15, 0.2) is 5.82 Å². The van der Waals surface area contributed by atoms with Crippen molar-refractivity contribution >= 4 is 0 Å². The van der Waals surface area contributed by atoms with Gasteiger partial charge in [0, 0.05) is 12.8 Å². The molecule has 0 amide bonds. The lowest BCUT2D eigenvalue weighted by Gasteiger charge is -2.20. The second kappa shape index (κ2) is 5.69. The van der Waals surface area contributed by atoms with Crippen molar-refractivity contribution < 1.29 is 17.7 Å². The Morgan fingerprint density at radius 3 is 2.67 bits per heavy atom. The molecule has 7 heteroatoms. The number of rotatable bonds is 4. The normalized spacial score (nSPS) is 18.2. The molecule has 0 atom stereocenters. The Morgan fingerprint density at radius 1 is 1.28 bits per heavy atom. The Labute approximate surface area is 103 Å². The number of nitrogens with one attached hydrogen (secondary N) is 1. The molecule has 1 aromatic heterocycles. The van der Waals surface area contributed by atoms with Crippen LogP contribution in [0.4, 0.5) is 13.2 Å². The van der Waals surface area contributed by atoms with E-state index in [1.54, 1.807) is 0 Å². The summed E-state index contributed by atoms with van der Waals surface area (Å²) in [6.07, 6.45) is -2.53. The summed E-state index contributed by atoms with van der Waals surface area (Å²) in [5.74, 6) is 1.09. The number of hydrogen-bond donors (Lipinski definition) is 1. The van der Waals surface area contributed by atoms with Crippen LogP contribution in [0, 0.1) is 5.92 Å². The standard InChI is InChI=1S/C11H16F3N3O/c12-11(13,14)4-1-9-16-10(18-17-9)7-8-2-5-15-6-3-8/h8,15H,1-7H2. The van der Waals surface area contributed by atoms with Crippen molar-refractivity contribution in [1.82, 2.24) is 15.5 Å². The monoisotopic (exact) mass is 263 g/mol. The van der Waals surface area contributed by atoms with Gasteiger partial charge in [-0.05, 0) is 31.8 Å². The van der Waals surface area contributed by atoms with Crippen LogP contribution in [-0.2, 0) is 12.8 Å². The van der Waals surface area contributed by atoms with E-state index in [1.807, 2.05) is 0 Å². The number of alkyl halides is 3. The maximum atomic E-state index is 12.0. The van der Waals surface area contributed by atoms with E-state index in [4.69, 9.17) is 4.52 Å². The third-order valence-electron chi connectivity index (χ3n) is 3.06. The van der Waals surface area contributed by atoms with Gasteiger partial charge in [-0.25, -0.2) is 0 Å². The van der Waals surface area contributed by atoms with Crippen molar-refractivity contribution in [2.45, 2.75) is 38.3 Å². The summed E-state index contributed by atoms with van der Waals surface area (Å²) >= 11 is 0. The summed E-state index contributed by atoms with van der Waals surface area (Å²) < 4.78 is 41.1. The molecule has 0 spiro atoms. The van der Waals surface area contributed by atoms with Crippen molar-refractivity contribution in [1.29, 1.82) is 0 Å². The SMILES string of the molecule is FC(F)(F)CCc1noc(CC2CCNCC2)n1. The van der Waals surface area contributed by atoms with Crippen molar-refractivity contribution in [2.75, 3.05) is 13.1 Å². The average molecular weight is 263 g/mol. The molecule has 0 saturated carbocycles. The molecule has 1 aliphatic heterocycles. The Hall–Kier alpha value is -1.11. The van der Waals surface area contributed by atoms with Gasteiger partial charge in [0.05, 0.1) is 6.42 Å². The molecule has 1 saturated heterocycles. The predicted molar refractivity (Wildman–Crippen MR) is 58.0 cm³/mol. The quantitative estimate of drug-likeness (QED) is 0.904. The van der Waals surface area contributed by atoms with Crippen LogP contribution in [0.15, 0.2) is 4.52 Å². The first-order chi connectivity index (χ1) is 8.53. The summed E-state index contributed by atoms with van der Waals surface area (Å²) in [6, 6.07) is 0. The summed E-state index contributed by atoms with van der Waals surface area (Å²) in [7, 11) is 0. The van der Waals surface area contributed by atoms with Gasteiger partial charge in [-0.15, -0.1) is 0 Å². The molecule has 18 heavy (non-hydrogen) atoms. The van der Waals surface area contributed by atoms with Crippen molar-refractivity contribution in [3.63, 3.8) is 0 Å². The van der Waals surface area contributed by atoms with Gasteiger partial charge in [-0.2, -0.15) is 18.2 Å². The Morgan fingerprint density at radius 2 is 2.00 bits per heavy atom. The number of aromatic nitrogens is 2. The number of nitrogens with zero attached hydrogens (tertiary/aromatic N) is 2. The third-order valence-corrected chi connectivity index (χ3v) is 3.06. The zero-order valence-corrected chi connectivity index (χ0v) is 9.96. The van der Waals surface area contributed by atoms with Gasteiger partial charge >= 0.3 is 6.18 Å². The molecule has 1 aromatic rings. The van der Waals surface area contributed by atoms with Gasteiger partial charge in [-0.3, -0.25) is 0 Å². The number of piperidine rings is 1. The molecule has 2 rings (SSSR count). The van der Waals surface area contributed by atoms with E-state index in [0.717, 1.165) is 25.9 Å². The van der Waals surface area contributed by atoms with E-state index >= 15 is 0 Å². The minimum atomic E-state index is -4.17. The van der Waals surface area contributed by atoms with Gasteiger partial charge in [0.1, 0.15) is 0 Å². The fourth-order valence-corrected chi connectivity index (χ4v) is 2.06. The van der Waals surface area contributed by atoms with Gasteiger partial charge < -0.3 is 9.84 Å². The van der Waals surface area contributed by atoms with E-state index in [2.05, 4.69) is 15.5 Å². The van der Waals surface area contributed by atoms with Crippen LogP contribution >= 0.6 is 0 Å². The number of hydrogen-bond acceptors (Lipinski definition) is 4. The lowest BCUT2D eigenvalue weighted by atomic mass is 9.95. The summed E-state index contributed by atoms with van der Waals surface area (Å²) in [5.41, 5.74) is 0. The molecule has 4 nitrogen and oxygen atoms in total. The third kappa shape index (κ3) is 4.29. The first-order valence-electron chi connectivity index (χ1n) is 6.12. The summed E-state index contributed by atoms with van der Waals surface area (Å²) in [6.45, 7) is 1.94. The minimum absolute atomic E-state index is 0.149. The van der Waals surface area contributed by atoms with Crippen LogP contribution in [0.3, 0.4) is 0 Å². The maximum absolute atomic E-state index is 12.0. The molecule has 0 aliphatic carbocycles. The van der Waals surface area contributed by atoms with Crippen LogP contribution in [0.5, 0.6) is 0 Å². The molecular weight excluding hydrogens is 247 g/mol. The van der Waals surface area contributed by atoms with Crippen molar-refractivity contribution in [2.24, 2.45) is 5.92 Å². The van der Waals surface area contributed by atoms with Crippen molar-refractivity contribution in [3.05, 3.63) is 11.7 Å². The second-order valence-electron chi connectivity index (χ2n) is 4.62. The molecule has 1 aliphatic rings. The molecule has 0 bridgehead atoms. The van der Waals surface area contributed by atoms with Crippen LogP contribution in [0.2, 0.25) is 0 Å².